The maximum Gasteiger partial charge on any atom is 0.100 e. The smallest absolute Gasteiger partial charge is 0.100 e. The molecule has 0 aliphatic carbocycles. The highest BCUT2D eigenvalue weighted by atomic mass is 16.5. The van der Waals surface area contributed by atoms with Gasteiger partial charge in [-0.05, 0) is 26.2 Å². The van der Waals surface area contributed by atoms with Gasteiger partial charge >= 0.3 is 0 Å². The van der Waals surface area contributed by atoms with Crippen LogP contribution in [0.4, 0.5) is 0 Å². The fourth-order valence-electron chi connectivity index (χ4n) is 1.06. The molecule has 0 aromatic rings. The number of allylic oxidation sites excluding steroid dienone is 1. The summed E-state index contributed by atoms with van der Waals surface area (Å²) in [6.07, 6.45) is 0.921. The van der Waals surface area contributed by atoms with E-state index >= 15 is 0 Å². The van der Waals surface area contributed by atoms with Crippen LogP contribution in [-0.2, 0) is 4.74 Å². The van der Waals surface area contributed by atoms with Crippen LogP contribution in [0.2, 0.25) is 0 Å². The predicted molar refractivity (Wildman–Crippen MR) is 54.1 cm³/mol. The first kappa shape index (κ1) is 11.5. The van der Waals surface area contributed by atoms with E-state index in [1.165, 1.54) is 0 Å². The van der Waals surface area contributed by atoms with E-state index in [1.807, 2.05) is 20.8 Å². The van der Waals surface area contributed by atoms with Crippen LogP contribution in [0.5, 0.6) is 0 Å². The Kier molecular flexibility index (Phi) is 3.37. The van der Waals surface area contributed by atoms with E-state index in [2.05, 4.69) is 27.4 Å². The van der Waals surface area contributed by atoms with Gasteiger partial charge in [-0.15, -0.1) is 0 Å². The molecule has 0 rings (SSSR count). The van der Waals surface area contributed by atoms with Crippen molar-refractivity contribution in [1.82, 2.24) is 0 Å². The monoisotopic (exact) mass is 170 g/mol. The molecule has 72 valence electrons. The molecule has 0 fully saturated rings. The molecule has 0 unspecified atom stereocenters. The molecule has 0 bridgehead atoms. The maximum atomic E-state index is 5.62. The first-order chi connectivity index (χ1) is 5.10. The summed E-state index contributed by atoms with van der Waals surface area (Å²) in [4.78, 5) is 0. The topological polar surface area (TPSA) is 9.23 Å². The van der Waals surface area contributed by atoms with E-state index in [-0.39, 0.29) is 11.0 Å². The van der Waals surface area contributed by atoms with Crippen molar-refractivity contribution in [3.8, 4) is 0 Å². The lowest BCUT2D eigenvalue weighted by molar-refractivity contribution is 0.0399. The minimum Gasteiger partial charge on any atom is -0.493 e. The molecule has 0 N–H and O–H groups in total. The fraction of sp³-hybridized carbons (Fsp3) is 0.818. The van der Waals surface area contributed by atoms with E-state index in [1.54, 1.807) is 0 Å². The lowest BCUT2D eigenvalue weighted by Crippen LogP contribution is -2.20. The summed E-state index contributed by atoms with van der Waals surface area (Å²) in [5.74, 6) is 0.884. The second-order valence-corrected chi connectivity index (χ2v) is 5.49. The van der Waals surface area contributed by atoms with Crippen LogP contribution >= 0.6 is 0 Å². The van der Waals surface area contributed by atoms with Crippen molar-refractivity contribution < 1.29 is 4.74 Å². The Bertz CT molecular complexity index is 137. The van der Waals surface area contributed by atoms with Crippen molar-refractivity contribution in [2.75, 3.05) is 0 Å². The molecule has 0 spiro atoms. The first-order valence-corrected chi connectivity index (χ1v) is 4.47. The zero-order valence-corrected chi connectivity index (χ0v) is 9.32. The fourth-order valence-corrected chi connectivity index (χ4v) is 1.06. The second kappa shape index (κ2) is 3.51. The summed E-state index contributed by atoms with van der Waals surface area (Å²) in [5, 5.41) is 0. The Labute approximate surface area is 76.8 Å². The molecule has 0 aromatic carbocycles. The summed E-state index contributed by atoms with van der Waals surface area (Å²) in [6, 6.07) is 0. The Morgan fingerprint density at radius 2 is 1.50 bits per heavy atom. The molecule has 0 radical (unpaired) electrons. The van der Waals surface area contributed by atoms with E-state index in [0.717, 1.165) is 12.2 Å². The van der Waals surface area contributed by atoms with Gasteiger partial charge in [0, 0.05) is 6.42 Å². The number of hydrogen-bond donors (Lipinski definition) is 0. The van der Waals surface area contributed by atoms with Crippen LogP contribution in [0, 0.1) is 5.41 Å². The standard InChI is InChI=1S/C11H22O/c1-9(8-10(2,3)4)12-11(5,6)7/h1,8H2,2-7H3. The van der Waals surface area contributed by atoms with Gasteiger partial charge in [0.2, 0.25) is 0 Å². The predicted octanol–water partition coefficient (Wildman–Crippen LogP) is 3.75. The summed E-state index contributed by atoms with van der Waals surface area (Å²) in [6.45, 7) is 16.6. The highest BCUT2D eigenvalue weighted by Crippen LogP contribution is 2.26. The van der Waals surface area contributed by atoms with Gasteiger partial charge in [-0.25, -0.2) is 0 Å². The van der Waals surface area contributed by atoms with Crippen LogP contribution in [0.3, 0.4) is 0 Å². The van der Waals surface area contributed by atoms with Crippen LogP contribution in [0.1, 0.15) is 48.0 Å². The first-order valence-electron chi connectivity index (χ1n) is 4.47. The average molecular weight is 170 g/mol. The lowest BCUT2D eigenvalue weighted by Gasteiger charge is -2.26. The van der Waals surface area contributed by atoms with Crippen molar-refractivity contribution in [3.63, 3.8) is 0 Å². The maximum absolute atomic E-state index is 5.62. The highest BCUT2D eigenvalue weighted by molar-refractivity contribution is 4.90. The molecule has 0 heterocycles. The van der Waals surface area contributed by atoms with Gasteiger partial charge in [0.15, 0.2) is 0 Å². The Hall–Kier alpha value is -0.460. The number of rotatable bonds is 2. The summed E-state index contributed by atoms with van der Waals surface area (Å²) < 4.78 is 5.62. The number of ether oxygens (including phenoxy) is 1. The molecule has 0 atom stereocenters. The van der Waals surface area contributed by atoms with Crippen molar-refractivity contribution >= 4 is 0 Å². The third-order valence-electron chi connectivity index (χ3n) is 1.18. The molecule has 0 amide bonds. The molecule has 12 heavy (non-hydrogen) atoms. The van der Waals surface area contributed by atoms with Crippen molar-refractivity contribution in [2.45, 2.75) is 53.6 Å². The third-order valence-corrected chi connectivity index (χ3v) is 1.18. The quantitative estimate of drug-likeness (QED) is 0.573. The van der Waals surface area contributed by atoms with E-state index < -0.39 is 0 Å². The molecule has 0 saturated heterocycles. The SMILES string of the molecule is C=C(CC(C)(C)C)OC(C)(C)C. The Morgan fingerprint density at radius 3 is 1.75 bits per heavy atom. The van der Waals surface area contributed by atoms with Crippen molar-refractivity contribution in [3.05, 3.63) is 12.3 Å². The third kappa shape index (κ3) is 7.64. The largest absolute Gasteiger partial charge is 0.493 e. The Morgan fingerprint density at radius 1 is 1.08 bits per heavy atom. The molecular formula is C11H22O. The van der Waals surface area contributed by atoms with E-state index in [4.69, 9.17) is 4.74 Å². The van der Waals surface area contributed by atoms with Gasteiger partial charge in [0.05, 0.1) is 5.76 Å². The van der Waals surface area contributed by atoms with Crippen molar-refractivity contribution in [1.29, 1.82) is 0 Å². The van der Waals surface area contributed by atoms with Crippen molar-refractivity contribution in [2.24, 2.45) is 5.41 Å². The molecule has 0 aliphatic heterocycles. The lowest BCUT2D eigenvalue weighted by atomic mass is 9.91. The van der Waals surface area contributed by atoms with Crippen LogP contribution in [-0.4, -0.2) is 5.60 Å². The molecule has 1 heteroatoms. The minimum absolute atomic E-state index is 0.109. The average Bonchev–Trinajstić information content (AvgIpc) is 1.49. The van der Waals surface area contributed by atoms with Gasteiger partial charge in [-0.2, -0.15) is 0 Å². The number of hydrogen-bond acceptors (Lipinski definition) is 1. The van der Waals surface area contributed by atoms with Gasteiger partial charge in [-0.1, -0.05) is 27.4 Å². The van der Waals surface area contributed by atoms with Crippen LogP contribution in [0.25, 0.3) is 0 Å². The van der Waals surface area contributed by atoms with Gasteiger partial charge < -0.3 is 4.74 Å². The van der Waals surface area contributed by atoms with E-state index in [9.17, 15) is 0 Å². The summed E-state index contributed by atoms with van der Waals surface area (Å²) in [5.41, 5.74) is 0.157. The zero-order valence-electron chi connectivity index (χ0n) is 9.32. The Balaban J connectivity index is 3.92. The van der Waals surface area contributed by atoms with E-state index in [0.29, 0.717) is 0 Å². The summed E-state index contributed by atoms with van der Waals surface area (Å²) >= 11 is 0. The van der Waals surface area contributed by atoms with Crippen LogP contribution in [0.15, 0.2) is 12.3 Å². The molecule has 0 saturated carbocycles. The molecule has 0 aromatic heterocycles. The molecular weight excluding hydrogens is 148 g/mol. The van der Waals surface area contributed by atoms with Crippen LogP contribution < -0.4 is 0 Å². The molecule has 1 nitrogen and oxygen atoms in total. The minimum atomic E-state index is -0.109. The van der Waals surface area contributed by atoms with Gasteiger partial charge in [-0.3, -0.25) is 0 Å². The normalized spacial score (nSPS) is 12.8. The second-order valence-electron chi connectivity index (χ2n) is 5.49. The highest BCUT2D eigenvalue weighted by Gasteiger charge is 2.17. The molecule has 0 aliphatic rings. The zero-order chi connectivity index (χ0) is 9.99. The van der Waals surface area contributed by atoms with Gasteiger partial charge in [0.25, 0.3) is 0 Å². The van der Waals surface area contributed by atoms with Gasteiger partial charge in [0.1, 0.15) is 5.60 Å². The summed E-state index contributed by atoms with van der Waals surface area (Å²) in [7, 11) is 0.